The van der Waals surface area contributed by atoms with Crippen molar-refractivity contribution in [3.63, 3.8) is 0 Å². The fourth-order valence-corrected chi connectivity index (χ4v) is 3.54. The highest BCUT2D eigenvalue weighted by atomic mass is 32.2. The molecule has 1 saturated heterocycles. The Morgan fingerprint density at radius 2 is 1.88 bits per heavy atom. The fourth-order valence-electron chi connectivity index (χ4n) is 2.71. The van der Waals surface area contributed by atoms with Gasteiger partial charge in [-0.05, 0) is 31.9 Å². The summed E-state index contributed by atoms with van der Waals surface area (Å²) >= 11 is 1.22. The van der Waals surface area contributed by atoms with Crippen molar-refractivity contribution in [3.8, 4) is 0 Å². The molecule has 6 nitrogen and oxygen atoms in total. The molecule has 24 heavy (non-hydrogen) atoms. The van der Waals surface area contributed by atoms with Crippen LogP contribution in [0.1, 0.15) is 16.7 Å². The first-order valence-corrected chi connectivity index (χ1v) is 8.80. The van der Waals surface area contributed by atoms with Crippen LogP contribution in [-0.2, 0) is 9.59 Å². The second-order valence-corrected chi connectivity index (χ2v) is 7.15. The third kappa shape index (κ3) is 4.50. The number of carbonyl (C=O) groups is 3. The molecule has 3 amide bonds. The highest BCUT2D eigenvalue weighted by Crippen LogP contribution is 2.22. The summed E-state index contributed by atoms with van der Waals surface area (Å²) < 4.78 is 0. The molecule has 0 saturated carbocycles. The Labute approximate surface area is 146 Å². The number of hydrogen-bond donors (Lipinski definition) is 1. The van der Waals surface area contributed by atoms with Crippen molar-refractivity contribution >= 4 is 34.5 Å². The van der Waals surface area contributed by atoms with Crippen molar-refractivity contribution < 1.29 is 14.4 Å². The quantitative estimate of drug-likeness (QED) is 0.884. The Bertz CT molecular complexity index is 652. The number of anilines is 1. The fraction of sp³-hybridized carbons (Fsp3) is 0.471. The van der Waals surface area contributed by atoms with Crippen molar-refractivity contribution in [2.45, 2.75) is 20.8 Å². The molecule has 1 aromatic rings. The van der Waals surface area contributed by atoms with Gasteiger partial charge in [-0.1, -0.05) is 29.5 Å². The highest BCUT2D eigenvalue weighted by molar-refractivity contribution is 8.13. The summed E-state index contributed by atoms with van der Waals surface area (Å²) in [4.78, 5) is 38.8. The third-order valence-corrected chi connectivity index (χ3v) is 4.81. The molecule has 1 aromatic carbocycles. The normalized spacial score (nSPS) is 14.0. The average Bonchev–Trinajstić information content (AvgIpc) is 2.88. The highest BCUT2D eigenvalue weighted by Gasteiger charge is 2.25. The largest absolute Gasteiger partial charge is 0.335 e. The molecule has 2 rings (SSSR count). The van der Waals surface area contributed by atoms with E-state index in [1.807, 2.05) is 32.9 Å². The number of likely N-dealkylation sites (N-methyl/N-ethyl adjacent to an activating group) is 1. The van der Waals surface area contributed by atoms with Crippen LogP contribution in [0.25, 0.3) is 0 Å². The lowest BCUT2D eigenvalue weighted by Gasteiger charge is -2.21. The van der Waals surface area contributed by atoms with Crippen molar-refractivity contribution in [3.05, 3.63) is 28.8 Å². The standard InChI is InChI=1S/C17H23N3O3S/c1-11-7-12(2)16(13(3)8-11)18-14(21)9-19(4)15(22)10-20-5-6-24-17(20)23/h7-8H,5-6,9-10H2,1-4H3,(H,18,21). The van der Waals surface area contributed by atoms with E-state index in [9.17, 15) is 14.4 Å². The molecule has 1 fully saturated rings. The zero-order valence-corrected chi connectivity index (χ0v) is 15.3. The van der Waals surface area contributed by atoms with Gasteiger partial charge in [0.25, 0.3) is 5.24 Å². The molecule has 1 aliphatic rings. The Morgan fingerprint density at radius 1 is 1.25 bits per heavy atom. The minimum atomic E-state index is -0.247. The summed E-state index contributed by atoms with van der Waals surface area (Å²) in [6, 6.07) is 4.02. The van der Waals surface area contributed by atoms with Crippen molar-refractivity contribution in [1.29, 1.82) is 0 Å². The maximum absolute atomic E-state index is 12.2. The number of nitrogens with one attached hydrogen (secondary N) is 1. The van der Waals surface area contributed by atoms with E-state index >= 15 is 0 Å². The molecule has 0 unspecified atom stereocenters. The van der Waals surface area contributed by atoms with Crippen LogP contribution in [0.15, 0.2) is 12.1 Å². The van der Waals surface area contributed by atoms with Gasteiger partial charge >= 0.3 is 0 Å². The van der Waals surface area contributed by atoms with Crippen LogP contribution in [0.4, 0.5) is 10.5 Å². The predicted octanol–water partition coefficient (Wildman–Crippen LogP) is 2.18. The van der Waals surface area contributed by atoms with Gasteiger partial charge in [-0.3, -0.25) is 14.4 Å². The molecule has 0 bridgehead atoms. The predicted molar refractivity (Wildman–Crippen MR) is 96.3 cm³/mol. The molecular weight excluding hydrogens is 326 g/mol. The van der Waals surface area contributed by atoms with Gasteiger partial charge in [-0.15, -0.1) is 0 Å². The monoisotopic (exact) mass is 349 g/mol. The maximum atomic E-state index is 12.2. The summed E-state index contributed by atoms with van der Waals surface area (Å²) in [6.45, 7) is 6.47. The number of rotatable bonds is 5. The number of amides is 3. The van der Waals surface area contributed by atoms with E-state index in [0.29, 0.717) is 12.3 Å². The van der Waals surface area contributed by atoms with E-state index in [1.165, 1.54) is 21.6 Å². The van der Waals surface area contributed by atoms with Crippen molar-refractivity contribution in [2.24, 2.45) is 0 Å². The van der Waals surface area contributed by atoms with Crippen molar-refractivity contribution in [2.75, 3.05) is 37.8 Å². The molecule has 1 aliphatic heterocycles. The molecule has 130 valence electrons. The zero-order valence-electron chi connectivity index (χ0n) is 14.5. The Balaban J connectivity index is 1.92. The van der Waals surface area contributed by atoms with Gasteiger partial charge in [-0.25, -0.2) is 0 Å². The molecule has 0 radical (unpaired) electrons. The van der Waals surface area contributed by atoms with Gasteiger partial charge in [0.1, 0.15) is 6.54 Å². The van der Waals surface area contributed by atoms with Gasteiger partial charge in [0.2, 0.25) is 11.8 Å². The molecular formula is C17H23N3O3S. The summed E-state index contributed by atoms with van der Waals surface area (Å²) in [6.07, 6.45) is 0. The lowest BCUT2D eigenvalue weighted by Crippen LogP contribution is -2.41. The number of thioether (sulfide) groups is 1. The van der Waals surface area contributed by atoms with Crippen LogP contribution >= 0.6 is 11.8 Å². The van der Waals surface area contributed by atoms with E-state index in [4.69, 9.17) is 0 Å². The third-order valence-electron chi connectivity index (χ3n) is 3.92. The number of aryl methyl sites for hydroxylation is 3. The van der Waals surface area contributed by atoms with E-state index in [-0.39, 0.29) is 30.1 Å². The van der Waals surface area contributed by atoms with Crippen LogP contribution in [0.3, 0.4) is 0 Å². The van der Waals surface area contributed by atoms with Crippen molar-refractivity contribution in [1.82, 2.24) is 9.80 Å². The van der Waals surface area contributed by atoms with E-state index in [1.54, 1.807) is 7.05 Å². The van der Waals surface area contributed by atoms with Crippen LogP contribution in [0.5, 0.6) is 0 Å². The molecule has 0 atom stereocenters. The second kappa shape index (κ2) is 7.70. The summed E-state index contributed by atoms with van der Waals surface area (Å²) in [5.74, 6) is 0.226. The van der Waals surface area contributed by atoms with E-state index in [2.05, 4.69) is 5.32 Å². The summed E-state index contributed by atoms with van der Waals surface area (Å²) in [5, 5.41) is 2.80. The first kappa shape index (κ1) is 18.3. The van der Waals surface area contributed by atoms with Crippen LogP contribution in [-0.4, -0.2) is 59.3 Å². The minimum Gasteiger partial charge on any atom is -0.335 e. The number of benzene rings is 1. The molecule has 7 heteroatoms. The van der Waals surface area contributed by atoms with Gasteiger partial charge in [0.05, 0.1) is 6.54 Å². The molecule has 1 N–H and O–H groups in total. The van der Waals surface area contributed by atoms with Crippen LogP contribution < -0.4 is 5.32 Å². The lowest BCUT2D eigenvalue weighted by molar-refractivity contribution is -0.133. The molecule has 0 aromatic heterocycles. The number of hydrogen-bond acceptors (Lipinski definition) is 4. The topological polar surface area (TPSA) is 69.7 Å². The Kier molecular flexibility index (Phi) is 5.88. The number of carbonyl (C=O) groups excluding carboxylic acids is 3. The smallest absolute Gasteiger partial charge is 0.282 e. The lowest BCUT2D eigenvalue weighted by atomic mass is 10.1. The maximum Gasteiger partial charge on any atom is 0.282 e. The van der Waals surface area contributed by atoms with Crippen LogP contribution in [0.2, 0.25) is 0 Å². The Morgan fingerprint density at radius 3 is 2.42 bits per heavy atom. The molecule has 0 aliphatic carbocycles. The minimum absolute atomic E-state index is 0.0260. The first-order chi connectivity index (χ1) is 11.3. The van der Waals surface area contributed by atoms with Gasteiger partial charge in [0, 0.05) is 25.0 Å². The summed E-state index contributed by atoms with van der Waals surface area (Å²) in [7, 11) is 1.57. The SMILES string of the molecule is Cc1cc(C)c(NC(=O)CN(C)C(=O)CN2CCSC2=O)c(C)c1. The Hall–Kier alpha value is -2.02. The van der Waals surface area contributed by atoms with E-state index < -0.39 is 0 Å². The average molecular weight is 349 g/mol. The second-order valence-electron chi connectivity index (χ2n) is 6.11. The number of nitrogens with zero attached hydrogens (tertiary/aromatic N) is 2. The zero-order chi connectivity index (χ0) is 17.9. The van der Waals surface area contributed by atoms with E-state index in [0.717, 1.165) is 22.4 Å². The molecule has 0 spiro atoms. The first-order valence-electron chi connectivity index (χ1n) is 7.81. The van der Waals surface area contributed by atoms with Gasteiger partial charge < -0.3 is 15.1 Å². The van der Waals surface area contributed by atoms with Crippen LogP contribution in [0, 0.1) is 20.8 Å². The van der Waals surface area contributed by atoms with Gasteiger partial charge in [-0.2, -0.15) is 0 Å². The molecule has 1 heterocycles. The summed E-state index contributed by atoms with van der Waals surface area (Å²) in [5.41, 5.74) is 3.92. The van der Waals surface area contributed by atoms with Gasteiger partial charge in [0.15, 0.2) is 0 Å².